The van der Waals surface area contributed by atoms with E-state index >= 15 is 0 Å². The van der Waals surface area contributed by atoms with E-state index in [2.05, 4.69) is 20.6 Å². The molecule has 2 aromatic rings. The molecule has 7 heteroatoms. The molecule has 0 aliphatic rings. The van der Waals surface area contributed by atoms with Crippen LogP contribution in [0.4, 0.5) is 8.78 Å². The van der Waals surface area contributed by atoms with E-state index in [4.69, 9.17) is 5.73 Å². The summed E-state index contributed by atoms with van der Waals surface area (Å²) in [7, 11) is 0. The summed E-state index contributed by atoms with van der Waals surface area (Å²) in [6.45, 7) is 0. The van der Waals surface area contributed by atoms with Gasteiger partial charge in [-0.3, -0.25) is 0 Å². The second kappa shape index (κ2) is 4.96. The maximum Gasteiger partial charge on any atom is 0.253 e. The molecule has 1 aromatic carbocycles. The highest BCUT2D eigenvalue weighted by molar-refractivity contribution is 5.54. The Hall–Kier alpha value is -1.89. The summed E-state index contributed by atoms with van der Waals surface area (Å²) >= 11 is 0. The van der Waals surface area contributed by atoms with Crippen LogP contribution in [0, 0.1) is 0 Å². The van der Waals surface area contributed by atoms with Crippen molar-refractivity contribution >= 4 is 0 Å². The molecule has 0 aliphatic carbocycles. The molecule has 5 nitrogen and oxygen atoms in total. The summed E-state index contributed by atoms with van der Waals surface area (Å²) < 4.78 is 24.6. The van der Waals surface area contributed by atoms with Crippen LogP contribution in [-0.4, -0.2) is 33.1 Å². The molecule has 2 rings (SSSR count). The molecular formula is C10H11F2N5. The number of nitrogens with zero attached hydrogens (tertiary/aromatic N) is 3. The molecule has 0 saturated heterocycles. The number of aromatic nitrogens is 4. The third-order valence-electron chi connectivity index (χ3n) is 2.33. The number of rotatable bonds is 4. The minimum Gasteiger partial charge on any atom is -0.323 e. The lowest BCUT2D eigenvalue weighted by atomic mass is 10.0. The highest BCUT2D eigenvalue weighted by atomic mass is 19.3. The molecular weight excluding hydrogens is 228 g/mol. The van der Waals surface area contributed by atoms with Gasteiger partial charge in [-0.1, -0.05) is 18.2 Å². The largest absolute Gasteiger partial charge is 0.323 e. The maximum absolute atomic E-state index is 12.3. The quantitative estimate of drug-likeness (QED) is 0.834. The van der Waals surface area contributed by atoms with Gasteiger partial charge in [-0.2, -0.15) is 5.21 Å². The standard InChI is InChI=1S/C10H11F2N5/c11-9(12)8(13)5-6-2-1-3-7(4-6)10-14-16-17-15-10/h1-4,8-9H,5,13H2,(H,14,15,16,17). The van der Waals surface area contributed by atoms with E-state index in [1.807, 2.05) is 0 Å². The maximum atomic E-state index is 12.3. The summed E-state index contributed by atoms with van der Waals surface area (Å²) in [5.41, 5.74) is 6.76. The van der Waals surface area contributed by atoms with Crippen LogP contribution in [0.25, 0.3) is 11.4 Å². The van der Waals surface area contributed by atoms with Crippen molar-refractivity contribution < 1.29 is 8.78 Å². The molecule has 90 valence electrons. The van der Waals surface area contributed by atoms with Crippen molar-refractivity contribution in [1.29, 1.82) is 0 Å². The second-order valence-electron chi connectivity index (χ2n) is 3.64. The third-order valence-corrected chi connectivity index (χ3v) is 2.33. The van der Waals surface area contributed by atoms with Gasteiger partial charge in [0, 0.05) is 5.56 Å². The predicted octanol–water partition coefficient (Wildman–Crippen LogP) is 1.00. The number of hydrogen-bond donors (Lipinski definition) is 2. The van der Waals surface area contributed by atoms with Crippen molar-refractivity contribution in [3.05, 3.63) is 29.8 Å². The molecule has 0 spiro atoms. The van der Waals surface area contributed by atoms with Gasteiger partial charge in [-0.25, -0.2) is 8.78 Å². The summed E-state index contributed by atoms with van der Waals surface area (Å²) in [5.74, 6) is 0.428. The third kappa shape index (κ3) is 2.82. The molecule has 17 heavy (non-hydrogen) atoms. The van der Waals surface area contributed by atoms with E-state index < -0.39 is 12.5 Å². The number of halogens is 2. The summed E-state index contributed by atoms with van der Waals surface area (Å²) in [6.07, 6.45) is -2.41. The molecule has 0 saturated carbocycles. The zero-order valence-electron chi connectivity index (χ0n) is 8.85. The van der Waals surface area contributed by atoms with Gasteiger partial charge in [0.15, 0.2) is 0 Å². The van der Waals surface area contributed by atoms with Crippen molar-refractivity contribution in [3.8, 4) is 11.4 Å². The number of benzene rings is 1. The zero-order valence-corrected chi connectivity index (χ0v) is 8.85. The van der Waals surface area contributed by atoms with Gasteiger partial charge in [0.05, 0.1) is 6.04 Å². The van der Waals surface area contributed by atoms with Gasteiger partial charge < -0.3 is 5.73 Å². The molecule has 1 atom stereocenters. The first-order chi connectivity index (χ1) is 8.16. The number of hydrogen-bond acceptors (Lipinski definition) is 4. The summed E-state index contributed by atoms with van der Waals surface area (Å²) in [6, 6.07) is 5.84. The Labute approximate surface area is 96.0 Å². The molecule has 1 heterocycles. The second-order valence-corrected chi connectivity index (χ2v) is 3.64. The number of nitrogens with two attached hydrogens (primary N) is 1. The molecule has 0 fully saturated rings. The molecule has 0 radical (unpaired) electrons. The number of aromatic amines is 1. The van der Waals surface area contributed by atoms with E-state index in [1.165, 1.54) is 0 Å². The van der Waals surface area contributed by atoms with Gasteiger partial charge >= 0.3 is 0 Å². The van der Waals surface area contributed by atoms with Crippen LogP contribution >= 0.6 is 0 Å². The van der Waals surface area contributed by atoms with Crippen LogP contribution in [0.2, 0.25) is 0 Å². The fraction of sp³-hybridized carbons (Fsp3) is 0.300. The fourth-order valence-corrected chi connectivity index (χ4v) is 1.48. The Morgan fingerprint density at radius 3 is 2.82 bits per heavy atom. The monoisotopic (exact) mass is 239 g/mol. The molecule has 3 N–H and O–H groups in total. The number of alkyl halides is 2. The summed E-state index contributed by atoms with van der Waals surface area (Å²) in [4.78, 5) is 0. The number of nitrogens with one attached hydrogen (secondary N) is 1. The van der Waals surface area contributed by atoms with Gasteiger partial charge in [0.2, 0.25) is 5.82 Å². The van der Waals surface area contributed by atoms with Crippen molar-refractivity contribution in [1.82, 2.24) is 20.6 Å². The summed E-state index contributed by atoms with van der Waals surface area (Å²) in [5, 5.41) is 13.4. The van der Waals surface area contributed by atoms with Crippen LogP contribution in [0.15, 0.2) is 24.3 Å². The van der Waals surface area contributed by atoms with Crippen LogP contribution in [0.1, 0.15) is 5.56 Å². The Balaban J connectivity index is 2.18. The molecule has 0 amide bonds. The van der Waals surface area contributed by atoms with Crippen molar-refractivity contribution in [3.63, 3.8) is 0 Å². The fourth-order valence-electron chi connectivity index (χ4n) is 1.48. The topological polar surface area (TPSA) is 80.5 Å². The first kappa shape index (κ1) is 11.6. The Morgan fingerprint density at radius 2 is 2.18 bits per heavy atom. The predicted molar refractivity (Wildman–Crippen MR) is 57.3 cm³/mol. The van der Waals surface area contributed by atoms with Crippen LogP contribution < -0.4 is 5.73 Å². The normalized spacial score (nSPS) is 12.9. The Bertz CT molecular complexity index is 471. The van der Waals surface area contributed by atoms with E-state index in [1.54, 1.807) is 24.3 Å². The lowest BCUT2D eigenvalue weighted by Gasteiger charge is -2.10. The van der Waals surface area contributed by atoms with Crippen molar-refractivity contribution in [2.75, 3.05) is 0 Å². The zero-order chi connectivity index (χ0) is 12.3. The molecule has 0 bridgehead atoms. The highest BCUT2D eigenvalue weighted by Gasteiger charge is 2.15. The first-order valence-corrected chi connectivity index (χ1v) is 5.03. The Morgan fingerprint density at radius 1 is 1.35 bits per heavy atom. The molecule has 1 aromatic heterocycles. The van der Waals surface area contributed by atoms with Crippen LogP contribution in [-0.2, 0) is 6.42 Å². The van der Waals surface area contributed by atoms with Gasteiger partial charge in [-0.15, -0.1) is 10.2 Å². The Kier molecular flexibility index (Phi) is 3.38. The van der Waals surface area contributed by atoms with Crippen LogP contribution in [0.3, 0.4) is 0 Å². The van der Waals surface area contributed by atoms with Gasteiger partial charge in [-0.05, 0) is 23.3 Å². The molecule has 1 unspecified atom stereocenters. The minimum absolute atomic E-state index is 0.114. The van der Waals surface area contributed by atoms with E-state index in [9.17, 15) is 8.78 Å². The minimum atomic E-state index is -2.52. The average molecular weight is 239 g/mol. The van der Waals surface area contributed by atoms with Crippen LogP contribution in [0.5, 0.6) is 0 Å². The lowest BCUT2D eigenvalue weighted by molar-refractivity contribution is 0.116. The van der Waals surface area contributed by atoms with Crippen molar-refractivity contribution in [2.24, 2.45) is 5.73 Å². The van der Waals surface area contributed by atoms with Gasteiger partial charge in [0.1, 0.15) is 0 Å². The van der Waals surface area contributed by atoms with E-state index in [-0.39, 0.29) is 6.42 Å². The van der Waals surface area contributed by atoms with E-state index in [0.717, 1.165) is 11.1 Å². The lowest BCUT2D eigenvalue weighted by Crippen LogP contribution is -2.30. The first-order valence-electron chi connectivity index (χ1n) is 5.03. The van der Waals surface area contributed by atoms with Gasteiger partial charge in [0.25, 0.3) is 6.43 Å². The number of H-pyrrole nitrogens is 1. The number of tetrazole rings is 1. The van der Waals surface area contributed by atoms with E-state index in [0.29, 0.717) is 5.82 Å². The highest BCUT2D eigenvalue weighted by Crippen LogP contribution is 2.16. The SMILES string of the molecule is NC(Cc1cccc(-c2nn[nH]n2)c1)C(F)F. The average Bonchev–Trinajstić information content (AvgIpc) is 2.82. The smallest absolute Gasteiger partial charge is 0.253 e. The molecule has 0 aliphatic heterocycles. The van der Waals surface area contributed by atoms with Crippen molar-refractivity contribution in [2.45, 2.75) is 18.9 Å².